The maximum absolute atomic E-state index is 12.7. The number of fused-ring (bicyclic) bond motifs is 1. The molecule has 1 N–H and O–H groups in total. The molecule has 0 radical (unpaired) electrons. The zero-order valence-electron chi connectivity index (χ0n) is 13.8. The average molecular weight is 383 g/mol. The van der Waals surface area contributed by atoms with E-state index in [0.717, 1.165) is 29.5 Å². The summed E-state index contributed by atoms with van der Waals surface area (Å²) in [6, 6.07) is 10.1. The van der Waals surface area contributed by atoms with Gasteiger partial charge < -0.3 is 14.8 Å². The Morgan fingerprint density at radius 1 is 1.19 bits per heavy atom. The summed E-state index contributed by atoms with van der Waals surface area (Å²) in [6.45, 7) is 2.00. The van der Waals surface area contributed by atoms with Crippen molar-refractivity contribution >= 4 is 17.7 Å². The van der Waals surface area contributed by atoms with Gasteiger partial charge in [-0.15, -0.1) is 11.8 Å². The minimum atomic E-state index is -4.40. The third-order valence-electron chi connectivity index (χ3n) is 3.81. The molecule has 1 amide bonds. The van der Waals surface area contributed by atoms with Crippen molar-refractivity contribution in [2.75, 3.05) is 12.5 Å². The molecule has 4 nitrogen and oxygen atoms in total. The monoisotopic (exact) mass is 383 g/mol. The lowest BCUT2D eigenvalue weighted by molar-refractivity contribution is -0.137. The number of amides is 1. The standard InChI is InChI=1S/C18H16F3NO3S/c1-11(12-5-6-15-16(7-12)25-10-24-15)22-17(23)9-26-14-4-2-3-13(8-14)18(19,20)21/h2-8,11H,9-10H2,1H3,(H,22,23)/t11-/m1/s1. The number of hydrogen-bond donors (Lipinski definition) is 1. The normalized spacial score (nSPS) is 14.2. The van der Waals surface area contributed by atoms with Crippen LogP contribution in [0.15, 0.2) is 47.4 Å². The maximum Gasteiger partial charge on any atom is 0.416 e. The first-order valence-corrected chi connectivity index (χ1v) is 8.80. The van der Waals surface area contributed by atoms with Gasteiger partial charge in [0.05, 0.1) is 17.4 Å². The molecule has 0 aliphatic carbocycles. The molecular formula is C18H16F3NO3S. The predicted octanol–water partition coefficient (Wildman–Crippen LogP) is 4.40. The van der Waals surface area contributed by atoms with E-state index in [1.807, 2.05) is 13.0 Å². The SMILES string of the molecule is C[C@@H](NC(=O)CSc1cccc(C(F)(F)F)c1)c1ccc2c(c1)OCO2. The lowest BCUT2D eigenvalue weighted by Crippen LogP contribution is -2.28. The molecule has 0 saturated heterocycles. The molecule has 1 heterocycles. The van der Waals surface area contributed by atoms with Crippen LogP contribution in [-0.4, -0.2) is 18.5 Å². The van der Waals surface area contributed by atoms with Crippen molar-refractivity contribution in [2.45, 2.75) is 24.0 Å². The van der Waals surface area contributed by atoms with E-state index in [-0.39, 0.29) is 24.5 Å². The van der Waals surface area contributed by atoms with Gasteiger partial charge in [-0.25, -0.2) is 0 Å². The third-order valence-corrected chi connectivity index (χ3v) is 4.80. The van der Waals surface area contributed by atoms with Crippen LogP contribution in [0.4, 0.5) is 13.2 Å². The van der Waals surface area contributed by atoms with Crippen molar-refractivity contribution in [1.29, 1.82) is 0 Å². The Morgan fingerprint density at radius 2 is 1.96 bits per heavy atom. The molecule has 1 atom stereocenters. The van der Waals surface area contributed by atoms with Gasteiger partial charge in [-0.05, 0) is 42.8 Å². The fraction of sp³-hybridized carbons (Fsp3) is 0.278. The second-order valence-corrected chi connectivity index (χ2v) is 6.76. The minimum Gasteiger partial charge on any atom is -0.454 e. The first-order valence-electron chi connectivity index (χ1n) is 7.82. The van der Waals surface area contributed by atoms with Crippen molar-refractivity contribution in [3.8, 4) is 11.5 Å². The molecular weight excluding hydrogens is 367 g/mol. The van der Waals surface area contributed by atoms with Gasteiger partial charge in [0.2, 0.25) is 12.7 Å². The van der Waals surface area contributed by atoms with Crippen LogP contribution in [0.5, 0.6) is 11.5 Å². The van der Waals surface area contributed by atoms with Crippen LogP contribution in [0.25, 0.3) is 0 Å². The van der Waals surface area contributed by atoms with Crippen LogP contribution >= 0.6 is 11.8 Å². The average Bonchev–Trinajstić information content (AvgIpc) is 3.07. The highest BCUT2D eigenvalue weighted by Gasteiger charge is 2.30. The fourth-order valence-electron chi connectivity index (χ4n) is 2.46. The molecule has 0 spiro atoms. The molecule has 2 aromatic carbocycles. The summed E-state index contributed by atoms with van der Waals surface area (Å²) in [5, 5.41) is 2.82. The number of benzene rings is 2. The molecule has 2 aromatic rings. The van der Waals surface area contributed by atoms with E-state index >= 15 is 0 Å². The zero-order chi connectivity index (χ0) is 18.7. The molecule has 0 aromatic heterocycles. The van der Waals surface area contributed by atoms with Gasteiger partial charge in [0.25, 0.3) is 0 Å². The largest absolute Gasteiger partial charge is 0.454 e. The molecule has 0 saturated carbocycles. The fourth-order valence-corrected chi connectivity index (χ4v) is 3.23. The van der Waals surface area contributed by atoms with Crippen molar-refractivity contribution in [3.05, 3.63) is 53.6 Å². The smallest absolute Gasteiger partial charge is 0.416 e. The third kappa shape index (κ3) is 4.43. The van der Waals surface area contributed by atoms with Gasteiger partial charge >= 0.3 is 6.18 Å². The molecule has 0 fully saturated rings. The van der Waals surface area contributed by atoms with Crippen molar-refractivity contribution in [1.82, 2.24) is 5.32 Å². The highest BCUT2D eigenvalue weighted by Crippen LogP contribution is 2.34. The molecule has 3 rings (SSSR count). The molecule has 0 unspecified atom stereocenters. The molecule has 1 aliphatic heterocycles. The van der Waals surface area contributed by atoms with Crippen molar-refractivity contribution in [3.63, 3.8) is 0 Å². The van der Waals surface area contributed by atoms with E-state index in [1.54, 1.807) is 18.2 Å². The number of nitrogens with one attached hydrogen (secondary N) is 1. The second-order valence-electron chi connectivity index (χ2n) is 5.72. The zero-order valence-corrected chi connectivity index (χ0v) is 14.6. The molecule has 138 valence electrons. The predicted molar refractivity (Wildman–Crippen MR) is 91.3 cm³/mol. The summed E-state index contributed by atoms with van der Waals surface area (Å²) < 4.78 is 48.7. The van der Waals surface area contributed by atoms with E-state index in [9.17, 15) is 18.0 Å². The maximum atomic E-state index is 12.7. The summed E-state index contributed by atoms with van der Waals surface area (Å²) in [5.41, 5.74) is 0.128. The highest BCUT2D eigenvalue weighted by molar-refractivity contribution is 8.00. The van der Waals surface area contributed by atoms with E-state index in [0.29, 0.717) is 16.4 Å². The highest BCUT2D eigenvalue weighted by atomic mass is 32.2. The topological polar surface area (TPSA) is 47.6 Å². The lowest BCUT2D eigenvalue weighted by atomic mass is 10.1. The van der Waals surface area contributed by atoms with Crippen LogP contribution in [0.1, 0.15) is 24.1 Å². The Hall–Kier alpha value is -2.35. The van der Waals surface area contributed by atoms with Gasteiger partial charge in [-0.1, -0.05) is 12.1 Å². The Bertz CT molecular complexity index is 811. The quantitative estimate of drug-likeness (QED) is 0.778. The summed E-state index contributed by atoms with van der Waals surface area (Å²) in [4.78, 5) is 12.5. The lowest BCUT2D eigenvalue weighted by Gasteiger charge is -2.15. The van der Waals surface area contributed by atoms with E-state index in [4.69, 9.17) is 9.47 Å². The Balaban J connectivity index is 1.56. The van der Waals surface area contributed by atoms with Crippen LogP contribution in [0.3, 0.4) is 0 Å². The van der Waals surface area contributed by atoms with Crippen LogP contribution in [0.2, 0.25) is 0 Å². The molecule has 8 heteroatoms. The Labute approximate surface area is 152 Å². The first kappa shape index (κ1) is 18.4. The first-order chi connectivity index (χ1) is 12.3. The van der Waals surface area contributed by atoms with Gasteiger partial charge in [0.1, 0.15) is 0 Å². The van der Waals surface area contributed by atoms with Crippen molar-refractivity contribution in [2.24, 2.45) is 0 Å². The number of halogens is 3. The minimum absolute atomic E-state index is 0.0240. The van der Waals surface area contributed by atoms with Gasteiger partial charge in [-0.2, -0.15) is 13.2 Å². The van der Waals surface area contributed by atoms with Crippen LogP contribution < -0.4 is 14.8 Å². The van der Waals surface area contributed by atoms with Crippen LogP contribution in [0, 0.1) is 0 Å². The summed E-state index contributed by atoms with van der Waals surface area (Å²) >= 11 is 1.06. The summed E-state index contributed by atoms with van der Waals surface area (Å²) in [5.74, 6) is 1.04. The number of thioether (sulfide) groups is 1. The molecule has 0 bridgehead atoms. The van der Waals surface area contributed by atoms with Crippen molar-refractivity contribution < 1.29 is 27.4 Å². The van der Waals surface area contributed by atoms with Gasteiger partial charge in [0, 0.05) is 4.90 Å². The Kier molecular flexibility index (Phi) is 5.31. The summed E-state index contributed by atoms with van der Waals surface area (Å²) in [6.07, 6.45) is -4.40. The number of alkyl halides is 3. The number of ether oxygens (including phenoxy) is 2. The van der Waals surface area contributed by atoms with Gasteiger partial charge in [-0.3, -0.25) is 4.79 Å². The van der Waals surface area contributed by atoms with Gasteiger partial charge in [0.15, 0.2) is 11.5 Å². The second kappa shape index (κ2) is 7.49. The number of rotatable bonds is 5. The molecule has 1 aliphatic rings. The van der Waals surface area contributed by atoms with E-state index in [1.165, 1.54) is 6.07 Å². The Morgan fingerprint density at radius 3 is 2.73 bits per heavy atom. The van der Waals surface area contributed by atoms with Crippen LogP contribution in [-0.2, 0) is 11.0 Å². The van der Waals surface area contributed by atoms with E-state index < -0.39 is 11.7 Å². The summed E-state index contributed by atoms with van der Waals surface area (Å²) in [7, 11) is 0. The number of carbonyl (C=O) groups is 1. The number of hydrogen-bond acceptors (Lipinski definition) is 4. The molecule has 26 heavy (non-hydrogen) atoms. The van der Waals surface area contributed by atoms with E-state index in [2.05, 4.69) is 5.32 Å². The number of carbonyl (C=O) groups excluding carboxylic acids is 1.